The number of aromatic hydroxyl groups is 1. The molecule has 0 fully saturated rings. The van der Waals surface area contributed by atoms with Crippen molar-refractivity contribution in [2.75, 3.05) is 0 Å². The van der Waals surface area contributed by atoms with Gasteiger partial charge in [0.1, 0.15) is 6.61 Å². The monoisotopic (exact) mass is 248 g/mol. The van der Waals surface area contributed by atoms with E-state index in [0.717, 1.165) is 12.2 Å². The van der Waals surface area contributed by atoms with E-state index < -0.39 is 0 Å². The largest absolute Gasteiger partial charge is 0.504 e. The minimum Gasteiger partial charge on any atom is -0.504 e. The molecule has 0 unspecified atom stereocenters. The molecule has 0 aliphatic carbocycles. The summed E-state index contributed by atoms with van der Waals surface area (Å²) in [7, 11) is 0. The average Bonchev–Trinajstić information content (AvgIpc) is 2.31. The molecule has 2 rings (SSSR count). The number of hydrogen-bond donors (Lipinski definition) is 1. The molecule has 0 aromatic heterocycles. The molecule has 100 valence electrons. The number of aryl methyl sites for hydroxylation is 1. The van der Waals surface area contributed by atoms with Crippen LogP contribution in [0.2, 0.25) is 0 Å². The minimum atomic E-state index is 0.291. The fourth-order valence-electron chi connectivity index (χ4n) is 2.55. The number of fused-ring (bicyclic) bond motifs is 1. The summed E-state index contributed by atoms with van der Waals surface area (Å²) in [5.41, 5.74) is 2.59. The van der Waals surface area contributed by atoms with Crippen molar-refractivity contribution >= 4 is 0 Å². The summed E-state index contributed by atoms with van der Waals surface area (Å²) in [6.45, 7) is 2.93. The highest BCUT2D eigenvalue weighted by Gasteiger charge is 2.22. The molecule has 1 aromatic carbocycles. The SMILES string of the molecule is CCCCCCCCCc1ccc(O)c2c1CO2. The van der Waals surface area contributed by atoms with Crippen LogP contribution in [-0.4, -0.2) is 5.11 Å². The lowest BCUT2D eigenvalue weighted by molar-refractivity contribution is 0.226. The predicted molar refractivity (Wildman–Crippen MR) is 74.1 cm³/mol. The Morgan fingerprint density at radius 2 is 1.78 bits per heavy atom. The zero-order chi connectivity index (χ0) is 12.8. The Balaban J connectivity index is 1.67. The first-order valence-corrected chi connectivity index (χ1v) is 7.29. The van der Waals surface area contributed by atoms with E-state index in [1.165, 1.54) is 56.1 Å². The molecule has 0 bridgehead atoms. The van der Waals surface area contributed by atoms with Crippen molar-refractivity contribution in [1.82, 2.24) is 0 Å². The normalized spacial score (nSPS) is 12.7. The standard InChI is InChI=1S/C16H24O2/c1-2-3-4-5-6-7-8-9-13-10-11-15(17)16-14(13)12-18-16/h10-11,17H,2-9,12H2,1H3. The molecule has 0 atom stereocenters. The second-order valence-corrected chi connectivity index (χ2v) is 5.21. The molecule has 0 radical (unpaired) electrons. The van der Waals surface area contributed by atoms with Gasteiger partial charge in [-0.25, -0.2) is 0 Å². The van der Waals surface area contributed by atoms with E-state index >= 15 is 0 Å². The topological polar surface area (TPSA) is 29.5 Å². The van der Waals surface area contributed by atoms with Crippen molar-refractivity contribution in [3.8, 4) is 11.5 Å². The summed E-state index contributed by atoms with van der Waals surface area (Å²) < 4.78 is 5.27. The van der Waals surface area contributed by atoms with E-state index in [1.54, 1.807) is 6.07 Å². The summed E-state index contributed by atoms with van der Waals surface area (Å²) in [6.07, 6.45) is 10.5. The molecular formula is C16H24O2. The Morgan fingerprint density at radius 1 is 1.06 bits per heavy atom. The summed E-state index contributed by atoms with van der Waals surface area (Å²) in [6, 6.07) is 3.81. The van der Waals surface area contributed by atoms with Gasteiger partial charge in [-0.15, -0.1) is 0 Å². The van der Waals surface area contributed by atoms with Gasteiger partial charge in [0.25, 0.3) is 0 Å². The van der Waals surface area contributed by atoms with Crippen LogP contribution >= 0.6 is 0 Å². The van der Waals surface area contributed by atoms with Crippen LogP contribution < -0.4 is 4.74 Å². The molecule has 1 aliphatic rings. The third kappa shape index (κ3) is 3.18. The molecule has 1 aliphatic heterocycles. The van der Waals surface area contributed by atoms with Crippen LogP contribution in [0.3, 0.4) is 0 Å². The molecule has 0 saturated heterocycles. The Morgan fingerprint density at radius 3 is 2.44 bits per heavy atom. The number of benzene rings is 1. The Kier molecular flexibility index (Phi) is 4.91. The molecule has 2 heteroatoms. The third-order valence-electron chi connectivity index (χ3n) is 3.75. The molecule has 1 N–H and O–H groups in total. The highest BCUT2D eigenvalue weighted by Crippen LogP contribution is 2.40. The van der Waals surface area contributed by atoms with Gasteiger partial charge < -0.3 is 9.84 Å². The van der Waals surface area contributed by atoms with Crippen molar-refractivity contribution in [3.63, 3.8) is 0 Å². The molecule has 2 nitrogen and oxygen atoms in total. The van der Waals surface area contributed by atoms with Gasteiger partial charge in [0, 0.05) is 5.56 Å². The number of ether oxygens (including phenoxy) is 1. The van der Waals surface area contributed by atoms with Gasteiger partial charge in [0.2, 0.25) is 0 Å². The fraction of sp³-hybridized carbons (Fsp3) is 0.625. The molecule has 0 spiro atoms. The minimum absolute atomic E-state index is 0.291. The Hall–Kier alpha value is -1.18. The second kappa shape index (κ2) is 6.67. The van der Waals surface area contributed by atoms with Crippen molar-refractivity contribution in [2.45, 2.75) is 64.9 Å². The van der Waals surface area contributed by atoms with Crippen LogP contribution in [0, 0.1) is 0 Å². The van der Waals surface area contributed by atoms with Crippen LogP contribution in [0.5, 0.6) is 11.5 Å². The lowest BCUT2D eigenvalue weighted by Gasteiger charge is -2.24. The molecule has 0 amide bonds. The fourth-order valence-corrected chi connectivity index (χ4v) is 2.55. The highest BCUT2D eigenvalue weighted by molar-refractivity contribution is 5.53. The first-order chi connectivity index (χ1) is 8.83. The maximum absolute atomic E-state index is 9.54. The number of phenolic OH excluding ortho intramolecular Hbond substituents is 1. The van der Waals surface area contributed by atoms with E-state index in [1.807, 2.05) is 6.07 Å². The van der Waals surface area contributed by atoms with Gasteiger partial charge in [-0.2, -0.15) is 0 Å². The zero-order valence-corrected chi connectivity index (χ0v) is 11.4. The maximum Gasteiger partial charge on any atom is 0.168 e. The van der Waals surface area contributed by atoms with Crippen molar-refractivity contribution in [3.05, 3.63) is 23.3 Å². The summed E-state index contributed by atoms with van der Waals surface area (Å²) >= 11 is 0. The van der Waals surface area contributed by atoms with Gasteiger partial charge in [-0.05, 0) is 24.5 Å². The van der Waals surface area contributed by atoms with E-state index in [0.29, 0.717) is 12.4 Å². The van der Waals surface area contributed by atoms with Crippen LogP contribution in [0.1, 0.15) is 63.0 Å². The van der Waals surface area contributed by atoms with Crippen LogP contribution in [-0.2, 0) is 13.0 Å². The van der Waals surface area contributed by atoms with Gasteiger partial charge in [-0.1, -0.05) is 51.5 Å². The Labute approximate surface area is 110 Å². The second-order valence-electron chi connectivity index (χ2n) is 5.21. The number of unbranched alkanes of at least 4 members (excludes halogenated alkanes) is 6. The molecular weight excluding hydrogens is 224 g/mol. The quantitative estimate of drug-likeness (QED) is 0.682. The summed E-state index contributed by atoms with van der Waals surface area (Å²) in [4.78, 5) is 0. The van der Waals surface area contributed by atoms with Gasteiger partial charge in [0.05, 0.1) is 0 Å². The molecule has 18 heavy (non-hydrogen) atoms. The number of rotatable bonds is 8. The van der Waals surface area contributed by atoms with Gasteiger partial charge >= 0.3 is 0 Å². The lowest BCUT2D eigenvalue weighted by Crippen LogP contribution is -2.12. The maximum atomic E-state index is 9.54. The highest BCUT2D eigenvalue weighted by atomic mass is 16.5. The van der Waals surface area contributed by atoms with E-state index in [9.17, 15) is 5.11 Å². The summed E-state index contributed by atoms with van der Waals surface area (Å²) in [5.74, 6) is 1.01. The van der Waals surface area contributed by atoms with Crippen LogP contribution in [0.4, 0.5) is 0 Å². The smallest absolute Gasteiger partial charge is 0.168 e. The first-order valence-electron chi connectivity index (χ1n) is 7.29. The number of hydrogen-bond acceptors (Lipinski definition) is 2. The van der Waals surface area contributed by atoms with E-state index in [4.69, 9.17) is 4.74 Å². The zero-order valence-electron chi connectivity index (χ0n) is 11.4. The molecule has 0 saturated carbocycles. The first kappa shape index (κ1) is 13.3. The van der Waals surface area contributed by atoms with Crippen molar-refractivity contribution in [2.24, 2.45) is 0 Å². The molecule has 1 aromatic rings. The van der Waals surface area contributed by atoms with Crippen LogP contribution in [0.25, 0.3) is 0 Å². The van der Waals surface area contributed by atoms with Crippen LogP contribution in [0.15, 0.2) is 12.1 Å². The predicted octanol–water partition coefficient (Wildman–Crippen LogP) is 4.58. The van der Waals surface area contributed by atoms with Gasteiger partial charge in [0.15, 0.2) is 11.5 Å². The van der Waals surface area contributed by atoms with E-state index in [-0.39, 0.29) is 0 Å². The van der Waals surface area contributed by atoms with Gasteiger partial charge in [-0.3, -0.25) is 0 Å². The summed E-state index contributed by atoms with van der Waals surface area (Å²) in [5, 5.41) is 9.54. The third-order valence-corrected chi connectivity index (χ3v) is 3.75. The molecule has 1 heterocycles. The van der Waals surface area contributed by atoms with Crippen molar-refractivity contribution < 1.29 is 9.84 Å². The Bertz CT molecular complexity index is 385. The average molecular weight is 248 g/mol. The van der Waals surface area contributed by atoms with Crippen molar-refractivity contribution in [1.29, 1.82) is 0 Å². The lowest BCUT2D eigenvalue weighted by atomic mass is 9.97. The number of phenols is 1. The van der Waals surface area contributed by atoms with E-state index in [2.05, 4.69) is 6.92 Å².